The molecule has 0 aliphatic carbocycles. The molecule has 0 radical (unpaired) electrons. The molecule has 0 aromatic carbocycles. The predicted octanol–water partition coefficient (Wildman–Crippen LogP) is 0.381. The molecule has 0 heterocycles. The minimum absolute atomic E-state index is 0.0223. The van der Waals surface area contributed by atoms with Crippen molar-refractivity contribution in [2.24, 2.45) is 5.73 Å². The van der Waals surface area contributed by atoms with Crippen molar-refractivity contribution in [2.45, 2.75) is 25.7 Å². The van der Waals surface area contributed by atoms with Crippen LogP contribution in [0.25, 0.3) is 0 Å². The van der Waals surface area contributed by atoms with Gasteiger partial charge in [0.05, 0.1) is 25.0 Å². The minimum atomic E-state index is -0.0223. The molecule has 0 aliphatic heterocycles. The molecular formula is C10H16N4O. The smallest absolute Gasteiger partial charge is 0.222 e. The highest BCUT2D eigenvalue weighted by molar-refractivity contribution is 5.76. The topological polar surface area (TPSA) is 93.9 Å². The number of hydrogen-bond donors (Lipinski definition) is 1. The number of nitrogens with two attached hydrogens (primary N) is 1. The number of carbonyl (C=O) groups excluding carboxylic acids is 1. The standard InChI is InChI=1S/C10H16N4O/c11-5-1-4-10(15)14(8-2-6-12)9-3-7-13/h1-5,8-9,11H2. The fourth-order valence-electron chi connectivity index (χ4n) is 1.14. The van der Waals surface area contributed by atoms with Gasteiger partial charge >= 0.3 is 0 Å². The molecule has 0 aromatic heterocycles. The second-order valence-corrected chi connectivity index (χ2v) is 3.09. The monoisotopic (exact) mass is 208 g/mol. The van der Waals surface area contributed by atoms with Gasteiger partial charge in [-0.3, -0.25) is 4.79 Å². The molecule has 1 amide bonds. The van der Waals surface area contributed by atoms with Crippen LogP contribution in [0.2, 0.25) is 0 Å². The fraction of sp³-hybridized carbons (Fsp3) is 0.700. The summed E-state index contributed by atoms with van der Waals surface area (Å²) in [6.07, 6.45) is 1.65. The van der Waals surface area contributed by atoms with Crippen molar-refractivity contribution in [3.63, 3.8) is 0 Å². The highest BCUT2D eigenvalue weighted by Gasteiger charge is 2.11. The summed E-state index contributed by atoms with van der Waals surface area (Å²) in [4.78, 5) is 13.1. The van der Waals surface area contributed by atoms with Gasteiger partial charge in [-0.05, 0) is 13.0 Å². The molecule has 5 nitrogen and oxygen atoms in total. The Kier molecular flexibility index (Phi) is 8.03. The van der Waals surface area contributed by atoms with Crippen molar-refractivity contribution in [1.82, 2.24) is 4.90 Å². The van der Waals surface area contributed by atoms with Crippen LogP contribution in [0, 0.1) is 22.7 Å². The van der Waals surface area contributed by atoms with Crippen LogP contribution < -0.4 is 5.73 Å². The Labute approximate surface area is 90.1 Å². The summed E-state index contributed by atoms with van der Waals surface area (Å²) in [6, 6.07) is 3.97. The van der Waals surface area contributed by atoms with E-state index in [4.69, 9.17) is 16.3 Å². The van der Waals surface area contributed by atoms with Crippen LogP contribution in [0.4, 0.5) is 0 Å². The molecule has 0 saturated heterocycles. The van der Waals surface area contributed by atoms with E-state index in [9.17, 15) is 4.79 Å². The van der Waals surface area contributed by atoms with E-state index in [1.54, 1.807) is 4.90 Å². The lowest BCUT2D eigenvalue weighted by molar-refractivity contribution is -0.131. The first-order chi connectivity index (χ1) is 7.26. The third-order valence-electron chi connectivity index (χ3n) is 1.93. The number of rotatable bonds is 7. The van der Waals surface area contributed by atoms with E-state index >= 15 is 0 Å². The van der Waals surface area contributed by atoms with Crippen molar-refractivity contribution in [3.05, 3.63) is 0 Å². The van der Waals surface area contributed by atoms with Crippen LogP contribution in [0.1, 0.15) is 25.7 Å². The summed E-state index contributed by atoms with van der Waals surface area (Å²) in [5.41, 5.74) is 5.30. The van der Waals surface area contributed by atoms with Gasteiger partial charge in [-0.1, -0.05) is 0 Å². The molecule has 0 saturated carbocycles. The molecule has 0 atom stereocenters. The van der Waals surface area contributed by atoms with E-state index in [0.717, 1.165) is 0 Å². The van der Waals surface area contributed by atoms with Crippen molar-refractivity contribution in [3.8, 4) is 12.1 Å². The van der Waals surface area contributed by atoms with Gasteiger partial charge in [0, 0.05) is 19.5 Å². The zero-order valence-electron chi connectivity index (χ0n) is 8.78. The van der Waals surface area contributed by atoms with E-state index in [2.05, 4.69) is 0 Å². The number of nitriles is 2. The maximum Gasteiger partial charge on any atom is 0.222 e. The highest BCUT2D eigenvalue weighted by Crippen LogP contribution is 2.00. The Hall–Kier alpha value is -1.59. The number of carbonyl (C=O) groups is 1. The normalized spacial score (nSPS) is 9.00. The molecule has 0 bridgehead atoms. The second kappa shape index (κ2) is 8.98. The molecule has 5 heteroatoms. The van der Waals surface area contributed by atoms with Crippen molar-refractivity contribution in [2.75, 3.05) is 19.6 Å². The zero-order valence-corrected chi connectivity index (χ0v) is 8.78. The van der Waals surface area contributed by atoms with E-state index in [0.29, 0.717) is 45.3 Å². The molecule has 0 spiro atoms. The molecule has 15 heavy (non-hydrogen) atoms. The molecule has 0 fully saturated rings. The van der Waals surface area contributed by atoms with Crippen molar-refractivity contribution in [1.29, 1.82) is 10.5 Å². The first-order valence-electron chi connectivity index (χ1n) is 4.98. The Morgan fingerprint density at radius 2 is 1.73 bits per heavy atom. The van der Waals surface area contributed by atoms with Gasteiger partial charge in [-0.2, -0.15) is 10.5 Å². The molecule has 0 aromatic rings. The molecule has 0 unspecified atom stereocenters. The lowest BCUT2D eigenvalue weighted by atomic mass is 10.2. The van der Waals surface area contributed by atoms with Crippen LogP contribution in [-0.2, 0) is 4.79 Å². The molecule has 0 rings (SSSR count). The Morgan fingerprint density at radius 3 is 2.13 bits per heavy atom. The SMILES string of the molecule is N#CCCN(CCC#N)C(=O)CCCN. The van der Waals surface area contributed by atoms with Gasteiger partial charge < -0.3 is 10.6 Å². The molecule has 0 aliphatic rings. The summed E-state index contributed by atoms with van der Waals surface area (Å²) < 4.78 is 0. The van der Waals surface area contributed by atoms with Gasteiger partial charge in [-0.25, -0.2) is 0 Å². The first-order valence-corrected chi connectivity index (χ1v) is 4.98. The lowest BCUT2D eigenvalue weighted by Gasteiger charge is -2.20. The summed E-state index contributed by atoms with van der Waals surface area (Å²) in [6.45, 7) is 1.29. The first kappa shape index (κ1) is 13.4. The third-order valence-corrected chi connectivity index (χ3v) is 1.93. The zero-order chi connectivity index (χ0) is 11.5. The van der Waals surface area contributed by atoms with Crippen LogP contribution in [0.5, 0.6) is 0 Å². The van der Waals surface area contributed by atoms with Crippen molar-refractivity contribution < 1.29 is 4.79 Å². The number of nitrogens with zero attached hydrogens (tertiary/aromatic N) is 3. The van der Waals surface area contributed by atoms with Gasteiger partial charge in [0.25, 0.3) is 0 Å². The molecule has 82 valence electrons. The van der Waals surface area contributed by atoms with Gasteiger partial charge in [0.2, 0.25) is 5.91 Å². The van der Waals surface area contributed by atoms with Crippen molar-refractivity contribution >= 4 is 5.91 Å². The highest BCUT2D eigenvalue weighted by atomic mass is 16.2. The van der Waals surface area contributed by atoms with E-state index in [1.165, 1.54) is 0 Å². The maximum atomic E-state index is 11.6. The quantitative estimate of drug-likeness (QED) is 0.654. The van der Waals surface area contributed by atoms with Crippen LogP contribution in [0.3, 0.4) is 0 Å². The lowest BCUT2D eigenvalue weighted by Crippen LogP contribution is -2.32. The van der Waals surface area contributed by atoms with Gasteiger partial charge in [0.1, 0.15) is 0 Å². The fourth-order valence-corrected chi connectivity index (χ4v) is 1.14. The van der Waals surface area contributed by atoms with Crippen LogP contribution in [0.15, 0.2) is 0 Å². The van der Waals surface area contributed by atoms with E-state index < -0.39 is 0 Å². The van der Waals surface area contributed by atoms with Crippen LogP contribution in [-0.4, -0.2) is 30.4 Å². The average molecular weight is 208 g/mol. The summed E-state index contributed by atoms with van der Waals surface area (Å²) in [5.74, 6) is -0.0223. The summed E-state index contributed by atoms with van der Waals surface area (Å²) >= 11 is 0. The Balaban J connectivity index is 4.04. The summed E-state index contributed by atoms with van der Waals surface area (Å²) in [5, 5.41) is 16.9. The summed E-state index contributed by atoms with van der Waals surface area (Å²) in [7, 11) is 0. The third kappa shape index (κ3) is 6.48. The van der Waals surface area contributed by atoms with Crippen LogP contribution >= 0.6 is 0 Å². The van der Waals surface area contributed by atoms with Gasteiger partial charge in [-0.15, -0.1) is 0 Å². The number of amides is 1. The minimum Gasteiger partial charge on any atom is -0.341 e. The molecular weight excluding hydrogens is 192 g/mol. The second-order valence-electron chi connectivity index (χ2n) is 3.09. The van der Waals surface area contributed by atoms with E-state index in [1.807, 2.05) is 12.1 Å². The molecule has 2 N–H and O–H groups in total. The maximum absolute atomic E-state index is 11.6. The Morgan fingerprint density at radius 1 is 1.20 bits per heavy atom. The van der Waals surface area contributed by atoms with E-state index in [-0.39, 0.29) is 5.91 Å². The average Bonchev–Trinajstić information content (AvgIpc) is 2.26. The Bertz CT molecular complexity index is 246. The number of hydrogen-bond acceptors (Lipinski definition) is 4. The van der Waals surface area contributed by atoms with Gasteiger partial charge in [0.15, 0.2) is 0 Å². The largest absolute Gasteiger partial charge is 0.341 e. The predicted molar refractivity (Wildman–Crippen MR) is 55.3 cm³/mol.